The van der Waals surface area contributed by atoms with Crippen LogP contribution in [0.5, 0.6) is 0 Å². The molecule has 0 aliphatic carbocycles. The summed E-state index contributed by atoms with van der Waals surface area (Å²) in [5.74, 6) is 0. The summed E-state index contributed by atoms with van der Waals surface area (Å²) in [6.45, 7) is 4.58. The van der Waals surface area contributed by atoms with Crippen LogP contribution in [0.2, 0.25) is 0 Å². The first-order valence-corrected chi connectivity index (χ1v) is 21.3. The van der Waals surface area contributed by atoms with E-state index in [-0.39, 0.29) is 0 Å². The average Bonchev–Trinajstić information content (AvgIpc) is 3.29. The maximum Gasteiger partial charge on any atom is -0.00922 e. The van der Waals surface area contributed by atoms with Crippen molar-refractivity contribution in [2.45, 2.75) is 52.4 Å². The van der Waals surface area contributed by atoms with Crippen molar-refractivity contribution in [1.29, 1.82) is 0 Å². The second kappa shape index (κ2) is 15.4. The van der Waals surface area contributed by atoms with E-state index in [4.69, 9.17) is 0 Å². The van der Waals surface area contributed by atoms with Crippen LogP contribution in [0.25, 0.3) is 98.4 Å². The summed E-state index contributed by atoms with van der Waals surface area (Å²) in [5.41, 5.74) is 12.9. The summed E-state index contributed by atoms with van der Waals surface area (Å²) in [6.07, 6.45) is 6.94. The van der Waals surface area contributed by atoms with E-state index in [1.807, 2.05) is 0 Å². The molecule has 0 aromatic heterocycles. The summed E-state index contributed by atoms with van der Waals surface area (Å²) in [7, 11) is 0. The Kier molecular flexibility index (Phi) is 9.56. The molecule has 10 aromatic rings. The zero-order valence-electron chi connectivity index (χ0n) is 33.6. The van der Waals surface area contributed by atoms with Gasteiger partial charge in [0.15, 0.2) is 0 Å². The van der Waals surface area contributed by atoms with Crippen molar-refractivity contribution in [2.75, 3.05) is 0 Å². The Labute approximate surface area is 342 Å². The fraction of sp³-hybridized carbons (Fsp3) is 0.138. The minimum Gasteiger partial charge on any atom is -0.0654 e. The van der Waals surface area contributed by atoms with E-state index in [0.29, 0.717) is 0 Å². The number of aryl methyl sites for hydroxylation is 2. The minimum absolute atomic E-state index is 1.09. The monoisotopic (exact) mass is 744 g/mol. The molecule has 0 unspecified atom stereocenters. The van der Waals surface area contributed by atoms with Crippen molar-refractivity contribution < 1.29 is 0 Å². The Morgan fingerprint density at radius 2 is 0.638 bits per heavy atom. The van der Waals surface area contributed by atoms with Gasteiger partial charge in [0, 0.05) is 0 Å². The van der Waals surface area contributed by atoms with Crippen LogP contribution in [0, 0.1) is 0 Å². The molecule has 0 radical (unpaired) electrons. The van der Waals surface area contributed by atoms with Crippen LogP contribution in [0.15, 0.2) is 182 Å². The smallest absolute Gasteiger partial charge is 0.00922 e. The quantitative estimate of drug-likeness (QED) is 0.122. The van der Waals surface area contributed by atoms with Gasteiger partial charge in [-0.05, 0) is 172 Å². The Balaban J connectivity index is 1.19. The second-order valence-electron chi connectivity index (χ2n) is 16.2. The molecule has 0 aliphatic heterocycles. The lowest BCUT2D eigenvalue weighted by Crippen LogP contribution is -1.93. The molecule has 0 fully saturated rings. The lowest BCUT2D eigenvalue weighted by molar-refractivity contribution is 0.796. The first-order chi connectivity index (χ1) is 28.6. The van der Waals surface area contributed by atoms with Gasteiger partial charge in [-0.1, -0.05) is 172 Å². The van der Waals surface area contributed by atoms with E-state index in [1.165, 1.54) is 135 Å². The molecule has 58 heavy (non-hydrogen) atoms. The Morgan fingerprint density at radius 1 is 0.276 bits per heavy atom. The summed E-state index contributed by atoms with van der Waals surface area (Å²) in [4.78, 5) is 0. The summed E-state index contributed by atoms with van der Waals surface area (Å²) in [6, 6.07) is 68.8. The van der Waals surface area contributed by atoms with Gasteiger partial charge in [-0.15, -0.1) is 0 Å². The molecule has 0 atom stereocenters. The molecule has 0 heteroatoms. The van der Waals surface area contributed by atoms with Crippen LogP contribution >= 0.6 is 0 Å². The third kappa shape index (κ3) is 6.73. The lowest BCUT2D eigenvalue weighted by Gasteiger charge is -2.18. The van der Waals surface area contributed by atoms with Crippen molar-refractivity contribution >= 4 is 53.9 Å². The van der Waals surface area contributed by atoms with Gasteiger partial charge in [-0.3, -0.25) is 0 Å². The molecule has 0 heterocycles. The molecule has 0 saturated heterocycles. The number of rotatable bonds is 10. The van der Waals surface area contributed by atoms with Crippen LogP contribution in [0.3, 0.4) is 0 Å². The Morgan fingerprint density at radius 3 is 1.03 bits per heavy atom. The van der Waals surface area contributed by atoms with Gasteiger partial charge in [0.05, 0.1) is 0 Å². The van der Waals surface area contributed by atoms with Gasteiger partial charge in [-0.2, -0.15) is 0 Å². The molecule has 10 aromatic carbocycles. The number of fused-ring (bicyclic) bond motifs is 7. The maximum absolute atomic E-state index is 2.51. The number of benzene rings is 10. The summed E-state index contributed by atoms with van der Waals surface area (Å²) < 4.78 is 0. The predicted octanol–water partition coefficient (Wildman–Crippen LogP) is 16.8. The van der Waals surface area contributed by atoms with Gasteiger partial charge in [0.25, 0.3) is 0 Å². The molecule has 0 aliphatic rings. The first-order valence-electron chi connectivity index (χ1n) is 21.3. The van der Waals surface area contributed by atoms with Crippen LogP contribution in [-0.2, 0) is 12.8 Å². The average molecular weight is 745 g/mol. The molecule has 0 N–H and O–H groups in total. The van der Waals surface area contributed by atoms with E-state index >= 15 is 0 Å². The van der Waals surface area contributed by atoms with Crippen molar-refractivity contribution in [3.05, 3.63) is 193 Å². The number of hydrogen-bond donors (Lipinski definition) is 0. The van der Waals surface area contributed by atoms with Gasteiger partial charge in [0.2, 0.25) is 0 Å². The number of hydrogen-bond acceptors (Lipinski definition) is 0. The standard InChI is InChI=1S/C58H48/c1-3-5-13-39-19-29-51-53(49-27-25-45-33-43(21-23-47(45)35-49)41-15-9-7-10-16-41)38-58-56-32-40(14-6-4-2)20-30-52(56)54(37-57(58)55(51)31-39)50-28-26-46-34-44(22-24-48(46)36-50)42-17-11-8-12-18-42/h7-12,15-38H,3-6,13-14H2,1-2H3. The van der Waals surface area contributed by atoms with E-state index in [1.54, 1.807) is 0 Å². The SMILES string of the molecule is CCCCc1ccc2c(-c3ccc4cc(-c5ccccc5)ccc4c3)cc3c4cc(CCCC)ccc4c(-c4ccc5cc(-c6ccccc6)ccc5c4)cc3c2c1. The van der Waals surface area contributed by atoms with Gasteiger partial charge in [-0.25, -0.2) is 0 Å². The zero-order chi connectivity index (χ0) is 39.0. The molecule has 0 saturated carbocycles. The molecule has 0 bridgehead atoms. The van der Waals surface area contributed by atoms with Crippen LogP contribution < -0.4 is 0 Å². The first kappa shape index (κ1) is 35.9. The van der Waals surface area contributed by atoms with Crippen molar-refractivity contribution in [3.63, 3.8) is 0 Å². The molecular weight excluding hydrogens is 697 g/mol. The van der Waals surface area contributed by atoms with Gasteiger partial charge < -0.3 is 0 Å². The van der Waals surface area contributed by atoms with Gasteiger partial charge in [0.1, 0.15) is 0 Å². The summed E-state index contributed by atoms with van der Waals surface area (Å²) in [5, 5.41) is 13.0. The molecule has 0 spiro atoms. The largest absolute Gasteiger partial charge is 0.0654 e. The zero-order valence-corrected chi connectivity index (χ0v) is 33.6. The Hall–Kier alpha value is -6.50. The molecule has 0 nitrogen and oxygen atoms in total. The van der Waals surface area contributed by atoms with Gasteiger partial charge >= 0.3 is 0 Å². The fourth-order valence-corrected chi connectivity index (χ4v) is 9.14. The maximum atomic E-state index is 2.51. The second-order valence-corrected chi connectivity index (χ2v) is 16.2. The van der Waals surface area contributed by atoms with Crippen LogP contribution in [0.1, 0.15) is 50.7 Å². The van der Waals surface area contributed by atoms with E-state index in [2.05, 4.69) is 196 Å². The van der Waals surface area contributed by atoms with E-state index in [9.17, 15) is 0 Å². The predicted molar refractivity (Wildman–Crippen MR) is 253 cm³/mol. The summed E-state index contributed by atoms with van der Waals surface area (Å²) >= 11 is 0. The Bertz CT molecular complexity index is 2900. The molecule has 10 rings (SSSR count). The third-order valence-corrected chi connectivity index (χ3v) is 12.4. The number of unbranched alkanes of at least 4 members (excludes halogenated alkanes) is 2. The highest BCUT2D eigenvalue weighted by Crippen LogP contribution is 2.44. The normalized spacial score (nSPS) is 11.7. The van der Waals surface area contributed by atoms with E-state index in [0.717, 1.165) is 12.8 Å². The molecule has 0 amide bonds. The van der Waals surface area contributed by atoms with Crippen LogP contribution in [-0.4, -0.2) is 0 Å². The highest BCUT2D eigenvalue weighted by Gasteiger charge is 2.17. The molecular formula is C58H48. The van der Waals surface area contributed by atoms with Crippen molar-refractivity contribution in [3.8, 4) is 44.5 Å². The van der Waals surface area contributed by atoms with Crippen LogP contribution in [0.4, 0.5) is 0 Å². The minimum atomic E-state index is 1.09. The third-order valence-electron chi connectivity index (χ3n) is 12.4. The highest BCUT2D eigenvalue weighted by atomic mass is 14.2. The highest BCUT2D eigenvalue weighted by molar-refractivity contribution is 6.24. The lowest BCUT2D eigenvalue weighted by atomic mass is 9.85. The topological polar surface area (TPSA) is 0 Å². The fourth-order valence-electron chi connectivity index (χ4n) is 9.14. The van der Waals surface area contributed by atoms with Crippen molar-refractivity contribution in [2.24, 2.45) is 0 Å². The molecule has 280 valence electrons. The van der Waals surface area contributed by atoms with E-state index < -0.39 is 0 Å². The van der Waals surface area contributed by atoms with Crippen molar-refractivity contribution in [1.82, 2.24) is 0 Å².